The molecule has 0 aliphatic carbocycles. The monoisotopic (exact) mass is 338 g/mol. The van der Waals surface area contributed by atoms with E-state index in [0.717, 1.165) is 12.3 Å². The maximum absolute atomic E-state index is 13.7. The van der Waals surface area contributed by atoms with Crippen LogP contribution in [-0.4, -0.2) is 25.7 Å². The molecule has 0 spiro atoms. The summed E-state index contributed by atoms with van der Waals surface area (Å²) in [5.41, 5.74) is 0.282. The molecule has 2 rings (SSSR count). The zero-order valence-corrected chi connectivity index (χ0v) is 13.4. The van der Waals surface area contributed by atoms with Crippen molar-refractivity contribution in [3.63, 3.8) is 0 Å². The highest BCUT2D eigenvalue weighted by molar-refractivity contribution is 7.90. The summed E-state index contributed by atoms with van der Waals surface area (Å²) in [5.74, 6) is -2.11. The van der Waals surface area contributed by atoms with Crippen LogP contribution in [-0.2, 0) is 16.3 Å². The van der Waals surface area contributed by atoms with Crippen LogP contribution < -0.4 is 4.74 Å². The summed E-state index contributed by atoms with van der Waals surface area (Å²) in [6, 6.07) is 7.94. The summed E-state index contributed by atoms with van der Waals surface area (Å²) in [4.78, 5) is 11.0. The first-order valence-corrected chi connectivity index (χ1v) is 8.65. The third kappa shape index (κ3) is 3.68. The first-order chi connectivity index (χ1) is 10.7. The van der Waals surface area contributed by atoms with Gasteiger partial charge in [0.2, 0.25) is 0 Å². The normalized spacial score (nSPS) is 11.3. The molecular weight excluding hydrogens is 323 g/mol. The lowest BCUT2D eigenvalue weighted by Crippen LogP contribution is -2.08. The lowest BCUT2D eigenvalue weighted by molar-refractivity contribution is 0.0695. The van der Waals surface area contributed by atoms with Crippen LogP contribution in [0.4, 0.5) is 4.39 Å². The molecule has 0 saturated heterocycles. The molecule has 7 heteroatoms. The third-order valence-electron chi connectivity index (χ3n) is 3.24. The number of carboxylic acid groups (broad SMARTS) is 1. The van der Waals surface area contributed by atoms with Crippen molar-refractivity contribution in [2.24, 2.45) is 0 Å². The maximum Gasteiger partial charge on any atom is 0.336 e. The van der Waals surface area contributed by atoms with Gasteiger partial charge in [-0.25, -0.2) is 17.6 Å². The fraction of sp³-hybridized carbons (Fsp3) is 0.188. The van der Waals surface area contributed by atoms with E-state index in [1.807, 2.05) is 0 Å². The first-order valence-electron chi connectivity index (χ1n) is 6.76. The molecule has 0 radical (unpaired) electrons. The Morgan fingerprint density at radius 2 is 1.87 bits per heavy atom. The van der Waals surface area contributed by atoms with Crippen LogP contribution >= 0.6 is 0 Å². The summed E-state index contributed by atoms with van der Waals surface area (Å²) in [7, 11) is -3.76. The molecule has 2 aromatic carbocycles. The Morgan fingerprint density at radius 1 is 1.22 bits per heavy atom. The number of carbonyl (C=O) groups is 1. The van der Waals surface area contributed by atoms with Gasteiger partial charge >= 0.3 is 5.97 Å². The third-order valence-corrected chi connectivity index (χ3v) is 4.35. The van der Waals surface area contributed by atoms with Crippen molar-refractivity contribution >= 4 is 15.8 Å². The van der Waals surface area contributed by atoms with E-state index in [1.165, 1.54) is 24.3 Å². The molecule has 0 amide bonds. The van der Waals surface area contributed by atoms with Gasteiger partial charge in [0.05, 0.1) is 5.56 Å². The van der Waals surface area contributed by atoms with Crippen molar-refractivity contribution < 1.29 is 27.4 Å². The van der Waals surface area contributed by atoms with Gasteiger partial charge in [0.1, 0.15) is 10.6 Å². The highest BCUT2D eigenvalue weighted by Crippen LogP contribution is 2.33. The summed E-state index contributed by atoms with van der Waals surface area (Å²) < 4.78 is 43.0. The molecule has 0 saturated carbocycles. The van der Waals surface area contributed by atoms with Crippen molar-refractivity contribution in [1.82, 2.24) is 0 Å². The smallest absolute Gasteiger partial charge is 0.336 e. The summed E-state index contributed by atoms with van der Waals surface area (Å²) >= 11 is 0. The highest BCUT2D eigenvalue weighted by Gasteiger charge is 2.22. The van der Waals surface area contributed by atoms with Crippen molar-refractivity contribution in [3.05, 3.63) is 53.3 Å². The zero-order valence-electron chi connectivity index (χ0n) is 12.5. The number of aryl methyl sites for hydroxylation is 1. The Morgan fingerprint density at radius 3 is 2.39 bits per heavy atom. The van der Waals surface area contributed by atoms with Gasteiger partial charge in [0, 0.05) is 6.26 Å². The molecule has 23 heavy (non-hydrogen) atoms. The summed E-state index contributed by atoms with van der Waals surface area (Å²) in [6.45, 7) is 1.73. The van der Waals surface area contributed by atoms with E-state index >= 15 is 0 Å². The Balaban J connectivity index is 2.66. The summed E-state index contributed by atoms with van der Waals surface area (Å²) in [5, 5.41) is 9.22. The van der Waals surface area contributed by atoms with Gasteiger partial charge in [-0.2, -0.15) is 0 Å². The first kappa shape index (κ1) is 17.0. The molecule has 122 valence electrons. The van der Waals surface area contributed by atoms with Gasteiger partial charge < -0.3 is 9.84 Å². The van der Waals surface area contributed by atoms with Gasteiger partial charge in [0.15, 0.2) is 21.4 Å². The van der Waals surface area contributed by atoms with Gasteiger partial charge in [-0.05, 0) is 36.2 Å². The average Bonchev–Trinajstić information content (AvgIpc) is 2.47. The topological polar surface area (TPSA) is 80.7 Å². The van der Waals surface area contributed by atoms with Crippen LogP contribution in [0.5, 0.6) is 11.5 Å². The number of halogens is 1. The second kappa shape index (κ2) is 6.37. The average molecular weight is 338 g/mol. The number of ether oxygens (including phenoxy) is 1. The molecule has 1 N–H and O–H groups in total. The van der Waals surface area contributed by atoms with Crippen LogP contribution in [0.3, 0.4) is 0 Å². The molecule has 0 atom stereocenters. The number of rotatable bonds is 5. The Hall–Kier alpha value is -2.41. The van der Waals surface area contributed by atoms with Gasteiger partial charge in [-0.1, -0.05) is 19.1 Å². The lowest BCUT2D eigenvalue weighted by atomic mass is 10.0. The van der Waals surface area contributed by atoms with E-state index in [0.29, 0.717) is 12.0 Å². The van der Waals surface area contributed by atoms with Crippen LogP contribution in [0.15, 0.2) is 41.3 Å². The van der Waals surface area contributed by atoms with Crippen molar-refractivity contribution in [2.75, 3.05) is 6.26 Å². The predicted molar refractivity (Wildman–Crippen MR) is 82.4 cm³/mol. The van der Waals surface area contributed by atoms with Crippen LogP contribution in [0.25, 0.3) is 0 Å². The van der Waals surface area contributed by atoms with Crippen molar-refractivity contribution in [1.29, 1.82) is 0 Å². The molecule has 0 bridgehead atoms. The number of sulfone groups is 1. The van der Waals surface area contributed by atoms with Crippen LogP contribution in [0.2, 0.25) is 0 Å². The predicted octanol–water partition coefficient (Wildman–Crippen LogP) is 3.28. The highest BCUT2D eigenvalue weighted by atomic mass is 32.2. The lowest BCUT2D eigenvalue weighted by Gasteiger charge is -2.14. The fourth-order valence-electron chi connectivity index (χ4n) is 2.11. The number of hydrogen-bond acceptors (Lipinski definition) is 4. The number of aromatic carboxylic acids is 1. The molecular formula is C16H15FO5S. The Labute approximate surface area is 133 Å². The largest absolute Gasteiger partial charge is 0.478 e. The SMILES string of the molecule is CCc1cc(Oc2ccccc2F)c(S(C)(=O)=O)cc1C(=O)O. The van der Waals surface area contributed by atoms with E-state index in [4.69, 9.17) is 4.74 Å². The molecule has 0 aliphatic heterocycles. The molecule has 2 aromatic rings. The van der Waals surface area contributed by atoms with Gasteiger partial charge in [-0.15, -0.1) is 0 Å². The van der Waals surface area contributed by atoms with E-state index in [2.05, 4.69) is 0 Å². The van der Waals surface area contributed by atoms with Crippen LogP contribution in [0, 0.1) is 5.82 Å². The van der Waals surface area contributed by atoms with Crippen LogP contribution in [0.1, 0.15) is 22.8 Å². The van der Waals surface area contributed by atoms with Gasteiger partial charge in [0.25, 0.3) is 0 Å². The molecule has 0 aromatic heterocycles. The van der Waals surface area contributed by atoms with Crippen molar-refractivity contribution in [2.45, 2.75) is 18.2 Å². The van der Waals surface area contributed by atoms with E-state index in [-0.39, 0.29) is 22.0 Å². The number of para-hydroxylation sites is 1. The minimum absolute atomic E-state index is 0.0977. The second-order valence-corrected chi connectivity index (χ2v) is 6.90. The number of benzene rings is 2. The molecule has 5 nitrogen and oxygen atoms in total. The molecule has 0 heterocycles. The maximum atomic E-state index is 13.7. The summed E-state index contributed by atoms with van der Waals surface area (Å²) in [6.07, 6.45) is 1.30. The van der Waals surface area contributed by atoms with Crippen molar-refractivity contribution in [3.8, 4) is 11.5 Å². The number of carboxylic acids is 1. The minimum Gasteiger partial charge on any atom is -0.478 e. The number of hydrogen-bond donors (Lipinski definition) is 1. The standard InChI is InChI=1S/C16H15FO5S/c1-3-10-8-14(22-13-7-5-4-6-12(13)17)15(23(2,20)21)9-11(10)16(18)19/h4-9H,3H2,1-2H3,(H,18,19). The van der Waals surface area contributed by atoms with E-state index in [1.54, 1.807) is 13.0 Å². The molecule has 0 fully saturated rings. The molecule has 0 unspecified atom stereocenters. The zero-order chi connectivity index (χ0) is 17.2. The molecule has 0 aliphatic rings. The quantitative estimate of drug-likeness (QED) is 0.905. The second-order valence-electron chi connectivity index (χ2n) is 4.92. The minimum atomic E-state index is -3.76. The van der Waals surface area contributed by atoms with E-state index in [9.17, 15) is 22.7 Å². The fourth-order valence-corrected chi connectivity index (χ4v) is 2.91. The van der Waals surface area contributed by atoms with Gasteiger partial charge in [-0.3, -0.25) is 0 Å². The Bertz CT molecular complexity index is 859. The van der Waals surface area contributed by atoms with E-state index < -0.39 is 21.6 Å². The Kier molecular flexibility index (Phi) is 4.70.